The summed E-state index contributed by atoms with van der Waals surface area (Å²) in [5.41, 5.74) is 2.30. The molecule has 2 heterocycles. The van der Waals surface area contributed by atoms with Crippen LogP contribution in [0.5, 0.6) is 0 Å². The fourth-order valence-electron chi connectivity index (χ4n) is 2.22. The zero-order valence-corrected chi connectivity index (χ0v) is 15.3. The Morgan fingerprint density at radius 2 is 2.09 bits per heavy atom. The monoisotopic (exact) mass is 345 g/mol. The number of benzene rings is 1. The van der Waals surface area contributed by atoms with Gasteiger partial charge in [-0.1, -0.05) is 37.6 Å². The smallest absolute Gasteiger partial charge is 0.198 e. The molecule has 0 amide bonds. The second kappa shape index (κ2) is 6.80. The third-order valence-corrected chi connectivity index (χ3v) is 5.18. The number of nitrogens with zero attached hydrogens (tertiary/aromatic N) is 5. The van der Waals surface area contributed by atoms with Crippen molar-refractivity contribution in [1.29, 1.82) is 0 Å². The normalized spacial score (nSPS) is 11.3. The van der Waals surface area contributed by atoms with Crippen LogP contribution >= 0.6 is 23.3 Å². The van der Waals surface area contributed by atoms with E-state index in [-0.39, 0.29) is 0 Å². The van der Waals surface area contributed by atoms with Crippen LogP contribution in [0.4, 0.5) is 0 Å². The minimum absolute atomic E-state index is 0.340. The van der Waals surface area contributed by atoms with Gasteiger partial charge in [0.2, 0.25) is 0 Å². The van der Waals surface area contributed by atoms with E-state index in [4.69, 9.17) is 0 Å². The standard InChI is InChI=1S/C16H19N5S2/c1-5-21-14(12-8-6-7-11(4)9-12)18-19-15(21)22-16-17-13(10(2)3)20-23-16/h6-10H,5H2,1-4H3. The van der Waals surface area contributed by atoms with Crippen LogP contribution in [0.3, 0.4) is 0 Å². The lowest BCUT2D eigenvalue weighted by molar-refractivity contribution is 0.687. The summed E-state index contributed by atoms with van der Waals surface area (Å²) in [5, 5.41) is 9.60. The molecular formula is C16H19N5S2. The molecule has 0 fully saturated rings. The van der Waals surface area contributed by atoms with Gasteiger partial charge in [-0.3, -0.25) is 0 Å². The summed E-state index contributed by atoms with van der Waals surface area (Å²) in [7, 11) is 0. The van der Waals surface area contributed by atoms with E-state index in [1.165, 1.54) is 28.9 Å². The van der Waals surface area contributed by atoms with E-state index < -0.39 is 0 Å². The molecule has 23 heavy (non-hydrogen) atoms. The van der Waals surface area contributed by atoms with Gasteiger partial charge in [0, 0.05) is 18.0 Å². The summed E-state index contributed by atoms with van der Waals surface area (Å²) >= 11 is 2.95. The second-order valence-corrected chi connectivity index (χ2v) is 7.56. The van der Waals surface area contributed by atoms with Gasteiger partial charge in [-0.2, -0.15) is 4.37 Å². The van der Waals surface area contributed by atoms with Crippen LogP contribution in [-0.4, -0.2) is 24.1 Å². The van der Waals surface area contributed by atoms with Crippen LogP contribution in [0.1, 0.15) is 38.1 Å². The van der Waals surface area contributed by atoms with Gasteiger partial charge in [-0.05, 0) is 43.2 Å². The summed E-state index contributed by atoms with van der Waals surface area (Å²) < 4.78 is 7.43. The molecule has 0 bridgehead atoms. The SMILES string of the molecule is CCn1c(Sc2nc(C(C)C)ns2)nnc1-c1cccc(C)c1. The molecule has 3 aromatic rings. The zero-order valence-electron chi connectivity index (χ0n) is 13.6. The molecule has 0 spiro atoms. The van der Waals surface area contributed by atoms with Gasteiger partial charge in [0.15, 0.2) is 15.3 Å². The Morgan fingerprint density at radius 3 is 2.74 bits per heavy atom. The van der Waals surface area contributed by atoms with Crippen molar-refractivity contribution < 1.29 is 0 Å². The molecule has 0 aliphatic carbocycles. The maximum Gasteiger partial charge on any atom is 0.198 e. The average Bonchev–Trinajstić information content (AvgIpc) is 3.14. The number of aromatic nitrogens is 5. The highest BCUT2D eigenvalue weighted by Gasteiger charge is 2.16. The summed E-state index contributed by atoms with van der Waals surface area (Å²) in [4.78, 5) is 4.57. The molecule has 0 atom stereocenters. The summed E-state index contributed by atoms with van der Waals surface area (Å²) in [6.07, 6.45) is 0. The third kappa shape index (κ3) is 3.45. The number of hydrogen-bond donors (Lipinski definition) is 0. The van der Waals surface area contributed by atoms with Crippen molar-refractivity contribution in [2.24, 2.45) is 0 Å². The quantitative estimate of drug-likeness (QED) is 0.686. The first-order valence-corrected chi connectivity index (χ1v) is 9.19. The van der Waals surface area contributed by atoms with Crippen LogP contribution < -0.4 is 0 Å². The lowest BCUT2D eigenvalue weighted by Gasteiger charge is -2.06. The molecule has 120 valence electrons. The van der Waals surface area contributed by atoms with Crippen molar-refractivity contribution in [3.05, 3.63) is 35.7 Å². The minimum atomic E-state index is 0.340. The topological polar surface area (TPSA) is 56.5 Å². The van der Waals surface area contributed by atoms with E-state index in [1.807, 2.05) is 6.07 Å². The van der Waals surface area contributed by atoms with Crippen LogP contribution in [0.15, 0.2) is 33.8 Å². The van der Waals surface area contributed by atoms with Crippen LogP contribution in [0.2, 0.25) is 0 Å². The molecule has 1 aromatic carbocycles. The highest BCUT2D eigenvalue weighted by atomic mass is 32.2. The van der Waals surface area contributed by atoms with Gasteiger partial charge in [0.05, 0.1) is 0 Å². The highest BCUT2D eigenvalue weighted by Crippen LogP contribution is 2.31. The van der Waals surface area contributed by atoms with E-state index in [2.05, 4.69) is 70.0 Å². The van der Waals surface area contributed by atoms with Crippen LogP contribution in [0, 0.1) is 6.92 Å². The van der Waals surface area contributed by atoms with Crippen LogP contribution in [0.25, 0.3) is 11.4 Å². The Bertz CT molecular complexity index is 806. The lowest BCUT2D eigenvalue weighted by atomic mass is 10.1. The van der Waals surface area contributed by atoms with Crippen LogP contribution in [-0.2, 0) is 6.54 Å². The maximum atomic E-state index is 4.57. The molecule has 7 heteroatoms. The molecule has 0 aliphatic heterocycles. The molecule has 0 N–H and O–H groups in total. The first kappa shape index (κ1) is 16.1. The van der Waals surface area contributed by atoms with Crippen molar-refractivity contribution in [1.82, 2.24) is 24.1 Å². The first-order chi connectivity index (χ1) is 11.1. The molecule has 2 aromatic heterocycles. The molecule has 0 saturated heterocycles. The number of aryl methyl sites for hydroxylation is 1. The molecule has 3 rings (SSSR count). The predicted octanol–water partition coefficient (Wildman–Crippen LogP) is 4.40. The van der Waals surface area contributed by atoms with Crippen molar-refractivity contribution in [2.75, 3.05) is 0 Å². The molecule has 5 nitrogen and oxygen atoms in total. The average molecular weight is 345 g/mol. The fraction of sp³-hybridized carbons (Fsp3) is 0.375. The van der Waals surface area contributed by atoms with Crippen molar-refractivity contribution >= 4 is 23.3 Å². The minimum Gasteiger partial charge on any atom is -0.302 e. The first-order valence-electron chi connectivity index (χ1n) is 7.60. The van der Waals surface area contributed by atoms with Crippen molar-refractivity contribution in [2.45, 2.75) is 49.7 Å². The molecule has 0 unspecified atom stereocenters. The Balaban J connectivity index is 1.91. The largest absolute Gasteiger partial charge is 0.302 e. The summed E-state index contributed by atoms with van der Waals surface area (Å²) in [6, 6.07) is 8.33. The Labute approximate surface area is 144 Å². The summed E-state index contributed by atoms with van der Waals surface area (Å²) in [5.74, 6) is 2.12. The van der Waals surface area contributed by atoms with Gasteiger partial charge < -0.3 is 4.57 Å². The molecule has 0 aliphatic rings. The lowest BCUT2D eigenvalue weighted by Crippen LogP contribution is -1.99. The van der Waals surface area contributed by atoms with E-state index >= 15 is 0 Å². The molecule has 0 saturated carbocycles. The number of rotatable bonds is 5. The Morgan fingerprint density at radius 1 is 1.26 bits per heavy atom. The zero-order chi connectivity index (χ0) is 16.4. The fourth-order valence-corrected chi connectivity index (χ4v) is 3.97. The van der Waals surface area contributed by atoms with Gasteiger partial charge >= 0.3 is 0 Å². The van der Waals surface area contributed by atoms with Gasteiger partial charge in [0.25, 0.3) is 0 Å². The summed E-state index contributed by atoms with van der Waals surface area (Å²) in [6.45, 7) is 9.20. The molecule has 0 radical (unpaired) electrons. The predicted molar refractivity (Wildman–Crippen MR) is 94.0 cm³/mol. The van der Waals surface area contributed by atoms with E-state index in [0.717, 1.165) is 33.3 Å². The van der Waals surface area contributed by atoms with Gasteiger partial charge in [0.1, 0.15) is 5.82 Å². The van der Waals surface area contributed by atoms with Crippen molar-refractivity contribution in [3.8, 4) is 11.4 Å². The van der Waals surface area contributed by atoms with Gasteiger partial charge in [-0.25, -0.2) is 4.98 Å². The van der Waals surface area contributed by atoms with Gasteiger partial charge in [-0.15, -0.1) is 10.2 Å². The van der Waals surface area contributed by atoms with E-state index in [9.17, 15) is 0 Å². The maximum absolute atomic E-state index is 4.57. The van der Waals surface area contributed by atoms with E-state index in [0.29, 0.717) is 5.92 Å². The Kier molecular flexibility index (Phi) is 4.77. The third-order valence-electron chi connectivity index (χ3n) is 3.43. The van der Waals surface area contributed by atoms with E-state index in [1.54, 1.807) is 0 Å². The molecular weight excluding hydrogens is 326 g/mol. The second-order valence-electron chi connectivity index (χ2n) is 5.60. The number of hydrogen-bond acceptors (Lipinski definition) is 6. The highest BCUT2D eigenvalue weighted by molar-refractivity contribution is 8.00. The van der Waals surface area contributed by atoms with Crippen molar-refractivity contribution in [3.63, 3.8) is 0 Å². The Hall–Kier alpha value is -1.73.